The van der Waals surface area contributed by atoms with Gasteiger partial charge in [0.25, 0.3) is 5.91 Å². The van der Waals surface area contributed by atoms with Crippen molar-refractivity contribution in [1.29, 1.82) is 0 Å². The van der Waals surface area contributed by atoms with Crippen molar-refractivity contribution in [3.63, 3.8) is 0 Å². The Hall–Kier alpha value is -0.400. The molecular weight excluding hydrogens is 337 g/mol. The van der Waals surface area contributed by atoms with E-state index in [9.17, 15) is 4.79 Å². The van der Waals surface area contributed by atoms with E-state index in [0.717, 1.165) is 24.4 Å². The van der Waals surface area contributed by atoms with Crippen LogP contribution in [0.4, 0.5) is 0 Å². The Kier molecular flexibility index (Phi) is 4.92. The van der Waals surface area contributed by atoms with Crippen molar-refractivity contribution >= 4 is 57.7 Å². The largest absolute Gasteiger partial charge is 0.391 e. The van der Waals surface area contributed by atoms with Gasteiger partial charge in [-0.3, -0.25) is 4.79 Å². The lowest BCUT2D eigenvalue weighted by molar-refractivity contribution is 0.0891. The molecule has 0 aliphatic carbocycles. The fourth-order valence-corrected chi connectivity index (χ4v) is 3.93. The first-order valence-corrected chi connectivity index (χ1v) is 8.08. The first-order chi connectivity index (χ1) is 9.34. The number of piperidine rings is 1. The first-order valence-electron chi connectivity index (χ1n) is 6.10. The predicted octanol–water partition coefficient (Wildman–Crippen LogP) is 2.54. The number of nitrogens with zero attached hydrogens (tertiary/aromatic N) is 1. The van der Waals surface area contributed by atoms with Gasteiger partial charge in [-0.2, -0.15) is 0 Å². The van der Waals surface area contributed by atoms with Crippen LogP contribution in [0.2, 0.25) is 8.67 Å². The van der Waals surface area contributed by atoms with Gasteiger partial charge in [0.15, 0.2) is 0 Å². The zero-order valence-corrected chi connectivity index (χ0v) is 14.1. The number of thiocarbonyl (C=S) groups is 1. The fourth-order valence-electron chi connectivity index (χ4n) is 2.21. The van der Waals surface area contributed by atoms with Gasteiger partial charge < -0.3 is 16.0 Å². The van der Waals surface area contributed by atoms with Crippen molar-refractivity contribution in [2.45, 2.75) is 18.4 Å². The maximum absolute atomic E-state index is 12.4. The highest BCUT2D eigenvalue weighted by Crippen LogP contribution is 2.32. The Morgan fingerprint density at radius 3 is 2.55 bits per heavy atom. The Morgan fingerprint density at radius 2 is 2.10 bits per heavy atom. The Balaban J connectivity index is 2.19. The van der Waals surface area contributed by atoms with Crippen LogP contribution < -0.4 is 11.1 Å². The minimum atomic E-state index is -0.642. The van der Waals surface area contributed by atoms with Gasteiger partial charge in [0.1, 0.15) is 4.34 Å². The summed E-state index contributed by atoms with van der Waals surface area (Å²) in [5, 5.41) is 2.95. The highest BCUT2D eigenvalue weighted by Gasteiger charge is 2.38. The third kappa shape index (κ3) is 3.26. The van der Waals surface area contributed by atoms with Crippen molar-refractivity contribution in [1.82, 2.24) is 10.2 Å². The summed E-state index contributed by atoms with van der Waals surface area (Å²) >= 11 is 18.2. The number of nitrogens with one attached hydrogen (secondary N) is 1. The minimum Gasteiger partial charge on any atom is -0.391 e. The van der Waals surface area contributed by atoms with E-state index in [1.165, 1.54) is 0 Å². The lowest BCUT2D eigenvalue weighted by Gasteiger charge is -2.40. The van der Waals surface area contributed by atoms with E-state index in [-0.39, 0.29) is 5.91 Å². The molecule has 1 aromatic rings. The van der Waals surface area contributed by atoms with Crippen molar-refractivity contribution in [2.24, 2.45) is 5.73 Å². The molecule has 0 spiro atoms. The molecule has 0 radical (unpaired) electrons. The predicted molar refractivity (Wildman–Crippen MR) is 88.1 cm³/mol. The molecule has 2 heterocycles. The Morgan fingerprint density at radius 1 is 1.50 bits per heavy atom. The van der Waals surface area contributed by atoms with E-state index >= 15 is 0 Å². The van der Waals surface area contributed by atoms with Gasteiger partial charge in [-0.1, -0.05) is 35.4 Å². The molecule has 1 aromatic heterocycles. The van der Waals surface area contributed by atoms with Crippen molar-refractivity contribution in [2.75, 3.05) is 20.1 Å². The number of nitrogens with two attached hydrogens (primary N) is 1. The standard InChI is InChI=1S/C12H15Cl2N3OS2/c1-17-4-2-12(3-5-17,11(15)19)16-10(18)7-6-8(13)20-9(7)14/h6H,2-5H2,1H3,(H2,15,19)(H,16,18). The van der Waals surface area contributed by atoms with E-state index in [0.29, 0.717) is 32.1 Å². The van der Waals surface area contributed by atoms with Crippen LogP contribution in [0.5, 0.6) is 0 Å². The monoisotopic (exact) mass is 351 g/mol. The summed E-state index contributed by atoms with van der Waals surface area (Å²) in [6.07, 6.45) is 1.39. The number of thiophene rings is 1. The minimum absolute atomic E-state index is 0.282. The van der Waals surface area contributed by atoms with Gasteiger partial charge in [0, 0.05) is 13.1 Å². The van der Waals surface area contributed by atoms with E-state index in [1.54, 1.807) is 6.07 Å². The Bertz CT molecular complexity index is 539. The van der Waals surface area contributed by atoms with E-state index in [4.69, 9.17) is 41.2 Å². The molecule has 0 atom stereocenters. The number of amides is 1. The molecule has 1 aliphatic rings. The second kappa shape index (κ2) is 6.15. The highest BCUT2D eigenvalue weighted by molar-refractivity contribution is 7.80. The van der Waals surface area contributed by atoms with Crippen LogP contribution in [0.25, 0.3) is 0 Å². The van der Waals surface area contributed by atoms with Crippen LogP contribution in [0.1, 0.15) is 23.2 Å². The van der Waals surface area contributed by atoms with Crippen LogP contribution in [-0.2, 0) is 0 Å². The topological polar surface area (TPSA) is 58.4 Å². The zero-order chi connectivity index (χ0) is 14.9. The van der Waals surface area contributed by atoms with E-state index in [2.05, 4.69) is 10.2 Å². The van der Waals surface area contributed by atoms with Crippen molar-refractivity contribution < 1.29 is 4.79 Å². The number of hydrogen-bond donors (Lipinski definition) is 2. The lowest BCUT2D eigenvalue weighted by atomic mass is 9.87. The molecule has 2 rings (SSSR count). The highest BCUT2D eigenvalue weighted by atomic mass is 35.5. The molecular formula is C12H15Cl2N3OS2. The number of rotatable bonds is 3. The van der Waals surface area contributed by atoms with Crippen LogP contribution in [0.15, 0.2) is 6.07 Å². The van der Waals surface area contributed by atoms with Gasteiger partial charge in [-0.25, -0.2) is 0 Å². The molecule has 1 fully saturated rings. The van der Waals surface area contributed by atoms with Crippen LogP contribution in [0.3, 0.4) is 0 Å². The molecule has 8 heteroatoms. The third-order valence-electron chi connectivity index (χ3n) is 3.57. The first kappa shape index (κ1) is 16.0. The summed E-state index contributed by atoms with van der Waals surface area (Å²) in [5.74, 6) is -0.282. The molecule has 1 aliphatic heterocycles. The fraction of sp³-hybridized carbons (Fsp3) is 0.500. The molecule has 110 valence electrons. The summed E-state index contributed by atoms with van der Waals surface area (Å²) < 4.78 is 0.853. The lowest BCUT2D eigenvalue weighted by Crippen LogP contribution is -2.61. The van der Waals surface area contributed by atoms with Crippen LogP contribution >= 0.6 is 46.8 Å². The number of hydrogen-bond acceptors (Lipinski definition) is 4. The van der Waals surface area contributed by atoms with E-state index < -0.39 is 5.54 Å². The smallest absolute Gasteiger partial charge is 0.254 e. The molecule has 0 saturated carbocycles. The molecule has 1 saturated heterocycles. The average Bonchev–Trinajstić information content (AvgIpc) is 2.71. The molecule has 0 aromatic carbocycles. The number of likely N-dealkylation sites (tertiary alicyclic amines) is 1. The van der Waals surface area contributed by atoms with Gasteiger partial charge in [-0.15, -0.1) is 11.3 Å². The molecule has 0 bridgehead atoms. The second-order valence-corrected chi connectivity index (χ2v) is 7.67. The quantitative estimate of drug-likeness (QED) is 0.821. The zero-order valence-electron chi connectivity index (χ0n) is 10.9. The van der Waals surface area contributed by atoms with Gasteiger partial charge in [-0.05, 0) is 26.0 Å². The molecule has 1 amide bonds. The SMILES string of the molecule is CN1CCC(NC(=O)c2cc(Cl)sc2Cl)(C(N)=S)CC1. The number of carbonyl (C=O) groups is 1. The molecule has 4 nitrogen and oxygen atoms in total. The number of halogens is 2. The van der Waals surface area contributed by atoms with Crippen molar-refractivity contribution in [3.8, 4) is 0 Å². The van der Waals surface area contributed by atoms with Gasteiger partial charge >= 0.3 is 0 Å². The third-order valence-corrected chi connectivity index (χ3v) is 5.44. The molecule has 0 unspecified atom stereocenters. The van der Waals surface area contributed by atoms with E-state index in [1.807, 2.05) is 7.05 Å². The molecule has 20 heavy (non-hydrogen) atoms. The average molecular weight is 352 g/mol. The maximum Gasteiger partial charge on any atom is 0.254 e. The van der Waals surface area contributed by atoms with Crippen LogP contribution in [-0.4, -0.2) is 41.5 Å². The van der Waals surface area contributed by atoms with Gasteiger partial charge in [0.2, 0.25) is 0 Å². The summed E-state index contributed by atoms with van der Waals surface area (Å²) in [4.78, 5) is 14.9. The summed E-state index contributed by atoms with van der Waals surface area (Å²) in [7, 11) is 2.03. The van der Waals surface area contributed by atoms with Crippen molar-refractivity contribution in [3.05, 3.63) is 20.3 Å². The Labute approximate surface area is 137 Å². The summed E-state index contributed by atoms with van der Waals surface area (Å²) in [6.45, 7) is 1.66. The van der Waals surface area contributed by atoms with Gasteiger partial charge in [0.05, 0.1) is 20.4 Å². The second-order valence-electron chi connectivity index (χ2n) is 4.94. The summed E-state index contributed by atoms with van der Waals surface area (Å²) in [5.41, 5.74) is 5.59. The number of carbonyl (C=O) groups excluding carboxylic acids is 1. The summed E-state index contributed by atoms with van der Waals surface area (Å²) in [6, 6.07) is 1.56. The normalized spacial score (nSPS) is 18.8. The molecule has 3 N–H and O–H groups in total. The van der Waals surface area contributed by atoms with Crippen LogP contribution in [0, 0.1) is 0 Å². The maximum atomic E-state index is 12.4.